The van der Waals surface area contributed by atoms with Crippen molar-refractivity contribution in [3.63, 3.8) is 0 Å². The van der Waals surface area contributed by atoms with Gasteiger partial charge in [-0.05, 0) is 37.2 Å². The van der Waals surface area contributed by atoms with Gasteiger partial charge >= 0.3 is 0 Å². The average Bonchev–Trinajstić information content (AvgIpc) is 2.56. The maximum Gasteiger partial charge on any atom is 0.132 e. The number of hydrogen-bond donors (Lipinski definition) is 0. The van der Waals surface area contributed by atoms with Gasteiger partial charge in [-0.25, -0.2) is 0 Å². The first-order valence-electron chi connectivity index (χ1n) is 6.90. The summed E-state index contributed by atoms with van der Waals surface area (Å²) >= 11 is 0. The van der Waals surface area contributed by atoms with Gasteiger partial charge in [-0.2, -0.15) is 0 Å². The summed E-state index contributed by atoms with van der Waals surface area (Å²) < 4.78 is 0. The maximum atomic E-state index is 11.3. The summed E-state index contributed by atoms with van der Waals surface area (Å²) in [6.07, 6.45) is 8.92. The summed E-state index contributed by atoms with van der Waals surface area (Å²) in [5, 5.41) is 0. The van der Waals surface area contributed by atoms with E-state index >= 15 is 0 Å². The lowest BCUT2D eigenvalue weighted by atomic mass is 9.93. The number of benzene rings is 1. The van der Waals surface area contributed by atoms with E-state index in [9.17, 15) is 4.79 Å². The van der Waals surface area contributed by atoms with Gasteiger partial charge in [0.25, 0.3) is 0 Å². The van der Waals surface area contributed by atoms with Crippen LogP contribution >= 0.6 is 0 Å². The van der Waals surface area contributed by atoms with E-state index in [0.29, 0.717) is 5.78 Å². The van der Waals surface area contributed by atoms with Crippen LogP contribution in [0.5, 0.6) is 0 Å². The van der Waals surface area contributed by atoms with Crippen LogP contribution in [0.1, 0.15) is 50.5 Å². The van der Waals surface area contributed by atoms with E-state index in [1.807, 2.05) is 0 Å². The average molecular weight is 230 g/mol. The molecule has 0 amide bonds. The number of hydrogen-bond acceptors (Lipinski definition) is 1. The molecule has 0 heterocycles. The van der Waals surface area contributed by atoms with E-state index < -0.39 is 0 Å². The first kappa shape index (κ1) is 12.3. The van der Waals surface area contributed by atoms with E-state index in [0.717, 1.165) is 31.6 Å². The molecule has 0 aliphatic heterocycles. The number of aryl methyl sites for hydroxylation is 1. The fourth-order valence-corrected chi connectivity index (χ4v) is 2.75. The molecule has 1 nitrogen and oxygen atoms in total. The Kier molecular flexibility index (Phi) is 4.78. The predicted molar refractivity (Wildman–Crippen MR) is 71.0 cm³/mol. The predicted octanol–water partition coefficient (Wildman–Crippen LogP) is 4.16. The highest BCUT2D eigenvalue weighted by atomic mass is 16.1. The van der Waals surface area contributed by atoms with Crippen LogP contribution in [-0.4, -0.2) is 5.78 Å². The molecule has 2 rings (SSSR count). The zero-order chi connectivity index (χ0) is 11.9. The molecule has 0 N–H and O–H groups in total. The van der Waals surface area contributed by atoms with Crippen LogP contribution in [0.3, 0.4) is 0 Å². The lowest BCUT2D eigenvalue weighted by molar-refractivity contribution is -0.118. The Bertz CT molecular complexity index is 342. The first-order chi connectivity index (χ1) is 8.34. The number of carbonyl (C=O) groups is 1. The Morgan fingerprint density at radius 3 is 2.71 bits per heavy atom. The Balaban J connectivity index is 1.69. The van der Waals surface area contributed by atoms with Crippen LogP contribution in [0.15, 0.2) is 30.3 Å². The second kappa shape index (κ2) is 6.58. The molecular formula is C16H22O. The van der Waals surface area contributed by atoms with Crippen LogP contribution in [0.2, 0.25) is 0 Å². The van der Waals surface area contributed by atoms with Gasteiger partial charge in [0.2, 0.25) is 0 Å². The molecule has 17 heavy (non-hydrogen) atoms. The molecule has 1 saturated carbocycles. The molecule has 1 atom stereocenters. The van der Waals surface area contributed by atoms with E-state index in [1.54, 1.807) is 0 Å². The minimum Gasteiger partial charge on any atom is -0.300 e. The maximum absolute atomic E-state index is 11.3. The van der Waals surface area contributed by atoms with Gasteiger partial charge in [-0.3, -0.25) is 4.79 Å². The van der Waals surface area contributed by atoms with Crippen molar-refractivity contribution in [2.24, 2.45) is 5.92 Å². The van der Waals surface area contributed by atoms with Gasteiger partial charge in [0.05, 0.1) is 0 Å². The molecule has 0 radical (unpaired) electrons. The van der Waals surface area contributed by atoms with E-state index in [2.05, 4.69) is 30.3 Å². The largest absolute Gasteiger partial charge is 0.300 e. The highest BCUT2D eigenvalue weighted by Crippen LogP contribution is 2.25. The molecular weight excluding hydrogens is 208 g/mol. The summed E-state index contributed by atoms with van der Waals surface area (Å²) in [7, 11) is 0. The molecule has 0 saturated heterocycles. The van der Waals surface area contributed by atoms with Gasteiger partial charge in [0.15, 0.2) is 0 Å². The van der Waals surface area contributed by atoms with Gasteiger partial charge in [0, 0.05) is 12.8 Å². The van der Waals surface area contributed by atoms with Crippen molar-refractivity contribution < 1.29 is 4.79 Å². The Morgan fingerprint density at radius 1 is 1.06 bits per heavy atom. The standard InChI is InChI=1S/C16H22O/c17-16-11-5-10-15(12-13-16)9-4-8-14-6-2-1-3-7-14/h1-3,6-7,15H,4-5,8-13H2. The third kappa shape index (κ3) is 4.33. The molecule has 1 aliphatic carbocycles. The molecule has 1 aliphatic rings. The minimum atomic E-state index is 0.482. The molecule has 1 aromatic rings. The fourth-order valence-electron chi connectivity index (χ4n) is 2.75. The monoisotopic (exact) mass is 230 g/mol. The topological polar surface area (TPSA) is 17.1 Å². The van der Waals surface area contributed by atoms with E-state index in [-0.39, 0.29) is 0 Å². The second-order valence-corrected chi connectivity index (χ2v) is 5.21. The van der Waals surface area contributed by atoms with Crippen molar-refractivity contribution in [2.45, 2.75) is 51.4 Å². The summed E-state index contributed by atoms with van der Waals surface area (Å²) in [5.74, 6) is 1.28. The summed E-state index contributed by atoms with van der Waals surface area (Å²) in [5.41, 5.74) is 1.44. The van der Waals surface area contributed by atoms with Crippen molar-refractivity contribution in [3.8, 4) is 0 Å². The third-order valence-corrected chi connectivity index (χ3v) is 3.82. The summed E-state index contributed by atoms with van der Waals surface area (Å²) in [6, 6.07) is 10.7. The molecule has 0 aromatic heterocycles. The summed E-state index contributed by atoms with van der Waals surface area (Å²) in [4.78, 5) is 11.3. The molecule has 1 fully saturated rings. The van der Waals surface area contributed by atoms with Crippen molar-refractivity contribution in [1.82, 2.24) is 0 Å². The van der Waals surface area contributed by atoms with Crippen molar-refractivity contribution >= 4 is 5.78 Å². The molecule has 92 valence electrons. The molecule has 1 aromatic carbocycles. The zero-order valence-electron chi connectivity index (χ0n) is 10.5. The van der Waals surface area contributed by atoms with Crippen LogP contribution in [-0.2, 0) is 11.2 Å². The number of rotatable bonds is 4. The highest BCUT2D eigenvalue weighted by Gasteiger charge is 2.15. The smallest absolute Gasteiger partial charge is 0.132 e. The van der Waals surface area contributed by atoms with Gasteiger partial charge < -0.3 is 0 Å². The van der Waals surface area contributed by atoms with Gasteiger partial charge in [0.1, 0.15) is 5.78 Å². The molecule has 0 bridgehead atoms. The van der Waals surface area contributed by atoms with Crippen LogP contribution in [0, 0.1) is 5.92 Å². The normalized spacial score (nSPS) is 21.2. The number of carbonyl (C=O) groups excluding carboxylic acids is 1. The fraction of sp³-hybridized carbons (Fsp3) is 0.562. The number of Topliss-reactive ketones (excluding diaryl/α,β-unsaturated/α-hetero) is 1. The Labute approximate surface area is 104 Å². The van der Waals surface area contributed by atoms with Crippen LogP contribution in [0.25, 0.3) is 0 Å². The third-order valence-electron chi connectivity index (χ3n) is 3.82. The lowest BCUT2D eigenvalue weighted by Gasteiger charge is -2.12. The van der Waals surface area contributed by atoms with E-state index in [4.69, 9.17) is 0 Å². The first-order valence-corrected chi connectivity index (χ1v) is 6.90. The van der Waals surface area contributed by atoms with Gasteiger partial charge in [-0.1, -0.05) is 43.2 Å². The Morgan fingerprint density at radius 2 is 1.88 bits per heavy atom. The van der Waals surface area contributed by atoms with Crippen molar-refractivity contribution in [2.75, 3.05) is 0 Å². The quantitative estimate of drug-likeness (QED) is 0.710. The van der Waals surface area contributed by atoms with Crippen molar-refractivity contribution in [3.05, 3.63) is 35.9 Å². The zero-order valence-corrected chi connectivity index (χ0v) is 10.5. The lowest BCUT2D eigenvalue weighted by Crippen LogP contribution is -2.00. The summed E-state index contributed by atoms with van der Waals surface area (Å²) in [6.45, 7) is 0. The highest BCUT2D eigenvalue weighted by molar-refractivity contribution is 5.78. The Hall–Kier alpha value is -1.11. The van der Waals surface area contributed by atoms with Crippen LogP contribution in [0.4, 0.5) is 0 Å². The van der Waals surface area contributed by atoms with Crippen molar-refractivity contribution in [1.29, 1.82) is 0 Å². The van der Waals surface area contributed by atoms with E-state index in [1.165, 1.54) is 31.2 Å². The second-order valence-electron chi connectivity index (χ2n) is 5.21. The minimum absolute atomic E-state index is 0.482. The SMILES string of the molecule is O=C1CCCC(CCCc2ccccc2)CC1. The molecule has 0 spiro atoms. The molecule has 1 unspecified atom stereocenters. The van der Waals surface area contributed by atoms with Gasteiger partial charge in [-0.15, -0.1) is 0 Å². The number of ketones is 1. The van der Waals surface area contributed by atoms with Crippen LogP contribution < -0.4 is 0 Å². The molecule has 1 heteroatoms.